The summed E-state index contributed by atoms with van der Waals surface area (Å²) in [5, 5.41) is 10.7. The van der Waals surface area contributed by atoms with Gasteiger partial charge >= 0.3 is 0 Å². The molecule has 5 nitrogen and oxygen atoms in total. The van der Waals surface area contributed by atoms with Crippen LogP contribution in [0.5, 0.6) is 0 Å². The standard InChI is InChI=1S/C9H16N2O3S2/c1-11(2)5-4-10-16(13,14)9-3-6-15-8(9)7-12/h3,6,10,12H,4-5,7H2,1-2H3. The number of nitrogens with one attached hydrogen (secondary N) is 1. The molecule has 16 heavy (non-hydrogen) atoms. The van der Waals surface area contributed by atoms with Gasteiger partial charge in [0.05, 0.1) is 11.5 Å². The Morgan fingerprint density at radius 3 is 2.75 bits per heavy atom. The van der Waals surface area contributed by atoms with Gasteiger partial charge in [0.25, 0.3) is 0 Å². The molecule has 1 heterocycles. The summed E-state index contributed by atoms with van der Waals surface area (Å²) < 4.78 is 26.1. The minimum absolute atomic E-state index is 0.179. The Morgan fingerprint density at radius 1 is 1.50 bits per heavy atom. The highest BCUT2D eigenvalue weighted by molar-refractivity contribution is 7.89. The highest BCUT2D eigenvalue weighted by Gasteiger charge is 2.18. The average molecular weight is 264 g/mol. The topological polar surface area (TPSA) is 69.6 Å². The van der Waals surface area contributed by atoms with Crippen molar-refractivity contribution in [3.05, 3.63) is 16.3 Å². The maximum atomic E-state index is 11.8. The van der Waals surface area contributed by atoms with Crippen LogP contribution in [0.1, 0.15) is 4.88 Å². The molecule has 1 rings (SSSR count). The van der Waals surface area contributed by atoms with Crippen molar-refractivity contribution in [1.29, 1.82) is 0 Å². The lowest BCUT2D eigenvalue weighted by Crippen LogP contribution is -2.31. The monoisotopic (exact) mass is 264 g/mol. The van der Waals surface area contributed by atoms with Crippen LogP contribution in [0.2, 0.25) is 0 Å². The van der Waals surface area contributed by atoms with Gasteiger partial charge in [0.1, 0.15) is 0 Å². The Balaban J connectivity index is 2.71. The zero-order valence-electron chi connectivity index (χ0n) is 9.30. The average Bonchev–Trinajstić information content (AvgIpc) is 2.64. The fourth-order valence-electron chi connectivity index (χ4n) is 1.16. The number of hydrogen-bond acceptors (Lipinski definition) is 5. The highest BCUT2D eigenvalue weighted by Crippen LogP contribution is 2.21. The number of likely N-dealkylation sites (N-methyl/N-ethyl adjacent to an activating group) is 1. The van der Waals surface area contributed by atoms with Crippen LogP contribution in [0, 0.1) is 0 Å². The van der Waals surface area contributed by atoms with Gasteiger partial charge in [-0.2, -0.15) is 0 Å². The van der Waals surface area contributed by atoms with E-state index in [-0.39, 0.29) is 11.5 Å². The van der Waals surface area contributed by atoms with Crippen LogP contribution >= 0.6 is 11.3 Å². The molecule has 0 fully saturated rings. The van der Waals surface area contributed by atoms with E-state index in [2.05, 4.69) is 4.72 Å². The maximum absolute atomic E-state index is 11.8. The number of aliphatic hydroxyl groups is 1. The second-order valence-electron chi connectivity index (χ2n) is 3.57. The third-order valence-electron chi connectivity index (χ3n) is 1.99. The molecule has 1 aromatic rings. The molecule has 0 aromatic carbocycles. The van der Waals surface area contributed by atoms with Gasteiger partial charge in [-0.05, 0) is 25.5 Å². The number of hydrogen-bond donors (Lipinski definition) is 2. The van der Waals surface area contributed by atoms with E-state index in [1.807, 2.05) is 19.0 Å². The van der Waals surface area contributed by atoms with Crippen LogP contribution in [0.15, 0.2) is 16.3 Å². The first-order valence-corrected chi connectivity index (χ1v) is 7.15. The lowest BCUT2D eigenvalue weighted by atomic mass is 10.5. The van der Waals surface area contributed by atoms with Gasteiger partial charge in [0.15, 0.2) is 0 Å². The molecule has 92 valence electrons. The summed E-state index contributed by atoms with van der Waals surface area (Å²) >= 11 is 1.24. The Kier molecular flexibility index (Phi) is 4.88. The van der Waals surface area contributed by atoms with Gasteiger partial charge in [-0.1, -0.05) is 0 Å². The first-order chi connectivity index (χ1) is 7.47. The summed E-state index contributed by atoms with van der Waals surface area (Å²) in [5.41, 5.74) is 0. The molecule has 1 aromatic heterocycles. The summed E-state index contributed by atoms with van der Waals surface area (Å²) in [7, 11) is 0.264. The molecule has 0 bridgehead atoms. The van der Waals surface area contributed by atoms with Gasteiger partial charge in [0.2, 0.25) is 10.0 Å². The zero-order valence-corrected chi connectivity index (χ0v) is 10.9. The highest BCUT2D eigenvalue weighted by atomic mass is 32.2. The SMILES string of the molecule is CN(C)CCNS(=O)(=O)c1ccsc1CO. The molecule has 0 saturated carbocycles. The number of sulfonamides is 1. The number of aliphatic hydroxyl groups excluding tert-OH is 1. The van der Waals surface area contributed by atoms with E-state index >= 15 is 0 Å². The summed E-state index contributed by atoms with van der Waals surface area (Å²) in [4.78, 5) is 2.54. The summed E-state index contributed by atoms with van der Waals surface area (Å²) in [6.07, 6.45) is 0. The van der Waals surface area contributed by atoms with Crippen molar-refractivity contribution in [2.24, 2.45) is 0 Å². The van der Waals surface area contributed by atoms with E-state index < -0.39 is 10.0 Å². The van der Waals surface area contributed by atoms with Crippen LogP contribution < -0.4 is 4.72 Å². The normalized spacial score (nSPS) is 12.2. The molecular weight excluding hydrogens is 248 g/mol. The van der Waals surface area contributed by atoms with E-state index in [9.17, 15) is 8.42 Å². The molecular formula is C9H16N2O3S2. The van der Waals surface area contributed by atoms with Gasteiger partial charge < -0.3 is 10.0 Å². The van der Waals surface area contributed by atoms with Crippen LogP contribution in [-0.2, 0) is 16.6 Å². The lowest BCUT2D eigenvalue weighted by Gasteiger charge is -2.10. The van der Waals surface area contributed by atoms with Crippen molar-refractivity contribution < 1.29 is 13.5 Å². The summed E-state index contributed by atoms with van der Waals surface area (Å²) in [6.45, 7) is 0.746. The van der Waals surface area contributed by atoms with Gasteiger partial charge in [-0.15, -0.1) is 11.3 Å². The second-order valence-corrected chi connectivity index (χ2v) is 6.30. The molecule has 0 spiro atoms. The third kappa shape index (κ3) is 3.53. The van der Waals surface area contributed by atoms with Crippen molar-refractivity contribution in [3.63, 3.8) is 0 Å². The van der Waals surface area contributed by atoms with Crippen molar-refractivity contribution in [3.8, 4) is 0 Å². The largest absolute Gasteiger partial charge is 0.391 e. The minimum atomic E-state index is -3.48. The van der Waals surface area contributed by atoms with E-state index in [0.29, 0.717) is 18.0 Å². The number of thiophene rings is 1. The minimum Gasteiger partial charge on any atom is -0.391 e. The molecule has 0 amide bonds. The Bertz CT molecular complexity index is 426. The first-order valence-electron chi connectivity index (χ1n) is 4.79. The molecule has 2 N–H and O–H groups in total. The van der Waals surface area contributed by atoms with Crippen LogP contribution in [0.4, 0.5) is 0 Å². The van der Waals surface area contributed by atoms with Gasteiger partial charge in [0, 0.05) is 18.0 Å². The third-order valence-corrected chi connectivity index (χ3v) is 4.57. The second kappa shape index (κ2) is 5.74. The molecule has 0 saturated heterocycles. The predicted octanol–water partition coefficient (Wildman–Crippen LogP) is 0.0803. The predicted molar refractivity (Wildman–Crippen MR) is 64.0 cm³/mol. The fraction of sp³-hybridized carbons (Fsp3) is 0.556. The van der Waals surface area contributed by atoms with Gasteiger partial charge in [-0.3, -0.25) is 0 Å². The van der Waals surface area contributed by atoms with Crippen LogP contribution in [0.3, 0.4) is 0 Å². The number of nitrogens with zero attached hydrogens (tertiary/aromatic N) is 1. The lowest BCUT2D eigenvalue weighted by molar-refractivity contribution is 0.282. The van der Waals surface area contributed by atoms with E-state index in [1.54, 1.807) is 5.38 Å². The molecule has 0 unspecified atom stereocenters. The molecule has 0 aliphatic rings. The first kappa shape index (κ1) is 13.6. The molecule has 0 aliphatic heterocycles. The Hall–Kier alpha value is -0.470. The molecule has 0 aliphatic carbocycles. The van der Waals surface area contributed by atoms with E-state index in [0.717, 1.165) is 0 Å². The quantitative estimate of drug-likeness (QED) is 0.763. The van der Waals surface area contributed by atoms with Crippen LogP contribution in [0.25, 0.3) is 0 Å². The number of rotatable bonds is 6. The Labute approximate surface area is 99.8 Å². The van der Waals surface area contributed by atoms with Crippen molar-refractivity contribution in [2.45, 2.75) is 11.5 Å². The molecule has 7 heteroatoms. The summed E-state index contributed by atoms with van der Waals surface area (Å²) in [6, 6.07) is 1.51. The van der Waals surface area contributed by atoms with Gasteiger partial charge in [-0.25, -0.2) is 13.1 Å². The van der Waals surface area contributed by atoms with E-state index in [1.165, 1.54) is 17.4 Å². The zero-order chi connectivity index (χ0) is 12.2. The fourth-order valence-corrected chi connectivity index (χ4v) is 3.48. The maximum Gasteiger partial charge on any atom is 0.241 e. The molecule has 0 atom stereocenters. The molecule has 0 radical (unpaired) electrons. The van der Waals surface area contributed by atoms with E-state index in [4.69, 9.17) is 5.11 Å². The van der Waals surface area contributed by atoms with Crippen molar-refractivity contribution >= 4 is 21.4 Å². The van der Waals surface area contributed by atoms with Crippen molar-refractivity contribution in [1.82, 2.24) is 9.62 Å². The summed E-state index contributed by atoms with van der Waals surface area (Å²) in [5.74, 6) is 0. The smallest absolute Gasteiger partial charge is 0.241 e. The Morgan fingerprint density at radius 2 is 2.19 bits per heavy atom. The van der Waals surface area contributed by atoms with Crippen molar-refractivity contribution in [2.75, 3.05) is 27.2 Å². The van der Waals surface area contributed by atoms with Crippen LogP contribution in [-0.4, -0.2) is 45.6 Å².